The number of para-hydroxylation sites is 4. The van der Waals surface area contributed by atoms with E-state index >= 15 is 0 Å². The zero-order chi connectivity index (χ0) is 57.8. The maximum absolute atomic E-state index is 9.08. The molecule has 0 unspecified atom stereocenters. The van der Waals surface area contributed by atoms with Gasteiger partial charge in [0, 0.05) is 72.7 Å². The maximum Gasteiger partial charge on any atom is 0.268 e. The van der Waals surface area contributed by atoms with Crippen LogP contribution in [0.5, 0.6) is 34.5 Å². The molecule has 10 heteroatoms. The minimum Gasteiger partial charge on any atom is -0.510 e. The Hall–Kier alpha value is -9.43. The molecule has 0 bridgehead atoms. The van der Waals surface area contributed by atoms with Gasteiger partial charge in [-0.05, 0) is 87.4 Å². The van der Waals surface area contributed by atoms with Gasteiger partial charge in [-0.1, -0.05) is 139 Å². The predicted octanol–water partition coefficient (Wildman–Crippen LogP) is 13.4. The van der Waals surface area contributed by atoms with E-state index in [1.54, 1.807) is 63.9 Å². The molecule has 0 amide bonds. The maximum atomic E-state index is 9.08. The van der Waals surface area contributed by atoms with Crippen LogP contribution in [0.2, 0.25) is 0 Å². The van der Waals surface area contributed by atoms with E-state index in [-0.39, 0.29) is 55.7 Å². The Bertz CT molecular complexity index is 4960. The first-order valence-electron chi connectivity index (χ1n) is 29.2. The molecule has 0 N–H and O–H groups in total. The molecule has 16 rings (SSSR count). The van der Waals surface area contributed by atoms with Gasteiger partial charge in [-0.15, -0.1) is 30.3 Å². The zero-order valence-corrected chi connectivity index (χ0v) is 41.8. The summed E-state index contributed by atoms with van der Waals surface area (Å²) in [5.74, 6) is 3.58. The van der Waals surface area contributed by atoms with E-state index in [1.165, 1.54) is 0 Å². The van der Waals surface area contributed by atoms with Crippen LogP contribution in [0, 0.1) is 18.5 Å². The molecular formula is C66H38BN5O3Pt-2. The Balaban J connectivity index is 0.00000625. The van der Waals surface area contributed by atoms with Gasteiger partial charge in [-0.25, -0.2) is 4.98 Å². The van der Waals surface area contributed by atoms with E-state index in [1.807, 2.05) is 83.4 Å². The van der Waals surface area contributed by atoms with Crippen LogP contribution < -0.4 is 40.1 Å². The molecule has 10 aromatic carbocycles. The fraction of sp³-hybridized carbons (Fsp3) is 0. The Labute approximate surface area is 466 Å². The minimum atomic E-state index is -0.582. The molecule has 0 aliphatic carbocycles. The molecule has 360 valence electrons. The van der Waals surface area contributed by atoms with Gasteiger partial charge >= 0.3 is 0 Å². The van der Waals surface area contributed by atoms with Crippen molar-refractivity contribution < 1.29 is 53.6 Å². The molecule has 0 atom stereocenters. The second kappa shape index (κ2) is 17.3. The molecule has 0 saturated carbocycles. The number of benzene rings is 10. The predicted molar refractivity (Wildman–Crippen MR) is 297 cm³/mol. The van der Waals surface area contributed by atoms with Gasteiger partial charge < -0.3 is 28.2 Å². The quantitative estimate of drug-likeness (QED) is 0.0862. The third kappa shape index (κ3) is 6.62. The van der Waals surface area contributed by atoms with Crippen LogP contribution in [0.3, 0.4) is 0 Å². The van der Waals surface area contributed by atoms with Crippen molar-refractivity contribution in [2.75, 3.05) is 4.90 Å². The number of hydrogen-bond acceptors (Lipinski definition) is 5. The van der Waals surface area contributed by atoms with Gasteiger partial charge in [0.2, 0.25) is 0 Å². The topological polar surface area (TPSA) is 57.6 Å². The van der Waals surface area contributed by atoms with E-state index in [0.717, 1.165) is 61.2 Å². The smallest absolute Gasteiger partial charge is 0.268 e. The molecule has 0 saturated heterocycles. The van der Waals surface area contributed by atoms with Crippen LogP contribution in [0.15, 0.2) is 230 Å². The molecule has 3 aliphatic rings. The number of imidazole rings is 1. The SMILES string of the molecule is [2H]c1c([2H])c([2H])c(-c2cccc(-c3c([2H])c([2H])c([2H])c([2H])c3[2H])c2-[n+]2[c-]n(-c3[c-]c(Oc4[c-]c(-n5c6cc7c8c(c6c6cccnc65)Oc5cccc6c5B8c5c(cccc5N6c5ccccc5)O7)ccc4)ccc3)c3ccccc32)c([2H])c1[2H].[Pt]. The van der Waals surface area contributed by atoms with Crippen LogP contribution in [0.4, 0.5) is 17.1 Å². The normalized spacial score (nSPS) is 14.4. The van der Waals surface area contributed by atoms with E-state index in [9.17, 15) is 0 Å². The van der Waals surface area contributed by atoms with Crippen molar-refractivity contribution in [3.05, 3.63) is 249 Å². The molecule has 3 aliphatic heterocycles. The Morgan fingerprint density at radius 3 is 1.92 bits per heavy atom. The average molecular weight is 1170 g/mol. The first kappa shape index (κ1) is 34.9. The third-order valence-corrected chi connectivity index (χ3v) is 14.2. The molecule has 6 heterocycles. The van der Waals surface area contributed by atoms with E-state index in [4.69, 9.17) is 32.9 Å². The summed E-state index contributed by atoms with van der Waals surface area (Å²) in [5, 5.41) is 1.75. The zero-order valence-electron chi connectivity index (χ0n) is 49.5. The van der Waals surface area contributed by atoms with E-state index in [0.29, 0.717) is 51.1 Å². The number of hydrogen-bond donors (Lipinski definition) is 0. The summed E-state index contributed by atoms with van der Waals surface area (Å²) >= 11 is 0. The van der Waals surface area contributed by atoms with Crippen molar-refractivity contribution in [1.82, 2.24) is 14.1 Å². The summed E-state index contributed by atoms with van der Waals surface area (Å²) in [6.07, 6.45) is 5.18. The van der Waals surface area contributed by atoms with Crippen molar-refractivity contribution in [2.45, 2.75) is 0 Å². The number of pyridine rings is 1. The van der Waals surface area contributed by atoms with Crippen LogP contribution >= 0.6 is 0 Å². The largest absolute Gasteiger partial charge is 0.510 e. The first-order valence-corrected chi connectivity index (χ1v) is 24.2. The van der Waals surface area contributed by atoms with Crippen molar-refractivity contribution in [2.24, 2.45) is 0 Å². The number of ether oxygens (including phenoxy) is 3. The van der Waals surface area contributed by atoms with E-state index in [2.05, 4.69) is 59.8 Å². The summed E-state index contributed by atoms with van der Waals surface area (Å²) in [4.78, 5) is 7.26. The number of nitrogens with zero attached hydrogens (tertiary/aromatic N) is 5. The molecule has 3 aromatic heterocycles. The number of rotatable bonds is 8. The summed E-state index contributed by atoms with van der Waals surface area (Å²) in [5.41, 5.74) is 9.97. The molecule has 0 fully saturated rings. The van der Waals surface area contributed by atoms with Gasteiger partial charge in [0.25, 0.3) is 13.0 Å². The summed E-state index contributed by atoms with van der Waals surface area (Å²) in [6.45, 7) is -0.173. The molecule has 76 heavy (non-hydrogen) atoms. The number of aromatic nitrogens is 4. The molecule has 8 nitrogen and oxygen atoms in total. The summed E-state index contributed by atoms with van der Waals surface area (Å²) in [7, 11) is 0. The number of fused-ring (bicyclic) bond motifs is 5. The molecule has 13 aromatic rings. The average Bonchev–Trinajstić information content (AvgIpc) is 1.10. The van der Waals surface area contributed by atoms with Crippen LogP contribution in [-0.2, 0) is 21.1 Å². The van der Waals surface area contributed by atoms with Gasteiger partial charge in [-0.2, -0.15) is 18.2 Å². The molecule has 0 radical (unpaired) electrons. The second-order valence-electron chi connectivity index (χ2n) is 18.3. The second-order valence-corrected chi connectivity index (χ2v) is 18.3. The number of anilines is 3. The fourth-order valence-corrected chi connectivity index (χ4v) is 11.3. The van der Waals surface area contributed by atoms with Crippen molar-refractivity contribution in [3.63, 3.8) is 0 Å². The van der Waals surface area contributed by atoms with E-state index < -0.39 is 60.4 Å². The van der Waals surface area contributed by atoms with Gasteiger partial charge in [0.1, 0.15) is 28.6 Å². The van der Waals surface area contributed by atoms with Crippen molar-refractivity contribution >= 4 is 73.1 Å². The standard InChI is InChI=1S/C66H38BN5O3.Pt/c1-4-18-42(19-5-1)49-28-14-29-50(43-20-6-2-7-21-43)64(49)70-41-69(52-31-10-11-32-53(52)70)45-24-12-26-47(38-45)73-48-27-13-25-46(39-48)72-56-40-59-63-65(60(56)51-30-17-37-68-66(51)72)75-58-36-16-34-55-62(58)67(63)61-54(33-15-35-57(61)74-59)71(55)44-22-8-3-9-23-44;/h1-37,40H;/q-2;/i1D,2D,4D,5D,6D,7D,18D,19D,20D,21D;. The Morgan fingerprint density at radius 1 is 0.566 bits per heavy atom. The third-order valence-electron chi connectivity index (χ3n) is 14.2. The fourth-order valence-electron chi connectivity index (χ4n) is 11.3. The Kier molecular flexibility index (Phi) is 7.96. The molecule has 0 spiro atoms. The molecular weight excluding hydrogens is 1120 g/mol. The Morgan fingerprint density at radius 2 is 1.20 bits per heavy atom. The summed E-state index contributed by atoms with van der Waals surface area (Å²) < 4.78 is 114. The van der Waals surface area contributed by atoms with Gasteiger partial charge in [0.05, 0.1) is 41.3 Å². The first-order chi connectivity index (χ1) is 41.4. The van der Waals surface area contributed by atoms with Crippen LogP contribution in [0.1, 0.15) is 13.7 Å². The monoisotopic (exact) mass is 1160 g/mol. The van der Waals surface area contributed by atoms with Gasteiger partial charge in [-0.3, -0.25) is 4.57 Å². The minimum absolute atomic E-state index is 0. The summed E-state index contributed by atoms with van der Waals surface area (Å²) in [6, 6.07) is 53.4. The van der Waals surface area contributed by atoms with Crippen LogP contribution in [0.25, 0.3) is 72.3 Å². The van der Waals surface area contributed by atoms with Gasteiger partial charge in [0.15, 0.2) is 0 Å². The van der Waals surface area contributed by atoms with Crippen LogP contribution in [-0.4, -0.2) is 20.8 Å². The van der Waals surface area contributed by atoms with Crippen molar-refractivity contribution in [1.29, 1.82) is 0 Å². The van der Waals surface area contributed by atoms with Crippen molar-refractivity contribution in [3.8, 4) is 73.8 Å².